The van der Waals surface area contributed by atoms with Gasteiger partial charge in [-0.25, -0.2) is 0 Å². The maximum Gasteiger partial charge on any atom is 0.303 e. The van der Waals surface area contributed by atoms with Gasteiger partial charge in [0.25, 0.3) is 0 Å². The molecule has 0 aromatic heterocycles. The van der Waals surface area contributed by atoms with Crippen LogP contribution in [0.1, 0.15) is 70.6 Å². The number of rotatable bonds is 10. The maximum absolute atomic E-state index is 12.0. The molecule has 2 N–H and O–H groups in total. The fourth-order valence-electron chi connectivity index (χ4n) is 3.10. The third-order valence-corrected chi connectivity index (χ3v) is 4.37. The van der Waals surface area contributed by atoms with E-state index < -0.39 is 11.9 Å². The highest BCUT2D eigenvalue weighted by atomic mass is 16.4. The lowest BCUT2D eigenvalue weighted by atomic mass is 9.77. The molecule has 1 aliphatic carbocycles. The highest BCUT2D eigenvalue weighted by molar-refractivity contribution is 5.81. The minimum atomic E-state index is -0.840. The maximum atomic E-state index is 12.0. The molecule has 0 radical (unpaired) electrons. The van der Waals surface area contributed by atoms with E-state index in [1.54, 1.807) is 0 Å². The molecule has 1 saturated carbocycles. The van der Waals surface area contributed by atoms with Crippen molar-refractivity contribution in [2.75, 3.05) is 0 Å². The van der Waals surface area contributed by atoms with Crippen LogP contribution in [0.15, 0.2) is 0 Å². The van der Waals surface area contributed by atoms with E-state index in [2.05, 4.69) is 0 Å². The number of carboxylic acid groups (broad SMARTS) is 2. The van der Waals surface area contributed by atoms with Gasteiger partial charge in [0.1, 0.15) is 5.78 Å². The average Bonchev–Trinajstić information content (AvgIpc) is 2.43. The molecule has 0 spiro atoms. The van der Waals surface area contributed by atoms with Gasteiger partial charge in [0.2, 0.25) is 0 Å². The average molecular weight is 298 g/mol. The van der Waals surface area contributed by atoms with Crippen molar-refractivity contribution in [2.24, 2.45) is 11.8 Å². The van der Waals surface area contributed by atoms with Gasteiger partial charge < -0.3 is 10.2 Å². The van der Waals surface area contributed by atoms with E-state index in [0.29, 0.717) is 18.8 Å². The van der Waals surface area contributed by atoms with Gasteiger partial charge in [-0.05, 0) is 44.4 Å². The van der Waals surface area contributed by atoms with Gasteiger partial charge in [-0.1, -0.05) is 12.8 Å². The van der Waals surface area contributed by atoms with Crippen molar-refractivity contribution in [2.45, 2.75) is 70.6 Å². The minimum absolute atomic E-state index is 0.0741. The second-order valence-electron chi connectivity index (χ2n) is 6.07. The normalized spacial score (nSPS) is 21.9. The molecule has 0 bridgehead atoms. The molecule has 0 aliphatic heterocycles. The molecule has 0 atom stereocenters. The lowest BCUT2D eigenvalue weighted by molar-refractivity contribution is -0.138. The first kappa shape index (κ1) is 17.7. The summed E-state index contributed by atoms with van der Waals surface area (Å²) in [5.41, 5.74) is 0. The second kappa shape index (κ2) is 9.53. The number of carboxylic acids is 2. The Morgan fingerprint density at radius 3 is 1.90 bits per heavy atom. The molecule has 1 aliphatic rings. The van der Waals surface area contributed by atoms with E-state index >= 15 is 0 Å². The number of hydrogen-bond donors (Lipinski definition) is 2. The molecule has 5 heteroatoms. The van der Waals surface area contributed by atoms with Crippen LogP contribution in [0.25, 0.3) is 0 Å². The number of carbonyl (C=O) groups is 3. The summed E-state index contributed by atoms with van der Waals surface area (Å²) < 4.78 is 0. The zero-order valence-electron chi connectivity index (χ0n) is 12.6. The number of carbonyl (C=O) groups excluding carboxylic acids is 1. The molecule has 0 saturated heterocycles. The van der Waals surface area contributed by atoms with Crippen molar-refractivity contribution in [3.05, 3.63) is 0 Å². The highest BCUT2D eigenvalue weighted by Crippen LogP contribution is 2.33. The van der Waals surface area contributed by atoms with E-state index in [0.717, 1.165) is 44.9 Å². The van der Waals surface area contributed by atoms with E-state index in [4.69, 9.17) is 10.2 Å². The van der Waals surface area contributed by atoms with E-state index in [9.17, 15) is 14.4 Å². The molecule has 0 unspecified atom stereocenters. The van der Waals surface area contributed by atoms with Gasteiger partial charge >= 0.3 is 11.9 Å². The first-order chi connectivity index (χ1) is 9.99. The fourth-order valence-corrected chi connectivity index (χ4v) is 3.10. The third kappa shape index (κ3) is 7.83. The lowest BCUT2D eigenvalue weighted by Gasteiger charge is -2.27. The fraction of sp³-hybridized carbons (Fsp3) is 0.812. The SMILES string of the molecule is O=C(O)CCCCC1CCC(C(=O)CCCC(=O)O)CC1. The summed E-state index contributed by atoms with van der Waals surface area (Å²) in [4.78, 5) is 32.8. The van der Waals surface area contributed by atoms with Crippen LogP contribution in [0.3, 0.4) is 0 Å². The Hall–Kier alpha value is -1.39. The van der Waals surface area contributed by atoms with Gasteiger partial charge in [0.15, 0.2) is 0 Å². The number of Topliss-reactive ketones (excluding diaryl/α,β-unsaturated/α-hetero) is 1. The molecule has 120 valence electrons. The monoisotopic (exact) mass is 298 g/mol. The lowest BCUT2D eigenvalue weighted by Crippen LogP contribution is -2.22. The summed E-state index contributed by atoms with van der Waals surface area (Å²) in [5, 5.41) is 17.1. The molecule has 5 nitrogen and oxygen atoms in total. The van der Waals surface area contributed by atoms with Gasteiger partial charge in [-0.15, -0.1) is 0 Å². The van der Waals surface area contributed by atoms with Crippen LogP contribution in [0.2, 0.25) is 0 Å². The molecule has 0 aromatic carbocycles. The van der Waals surface area contributed by atoms with Crippen LogP contribution in [0.5, 0.6) is 0 Å². The predicted octanol–water partition coefficient (Wildman–Crippen LogP) is 3.26. The second-order valence-corrected chi connectivity index (χ2v) is 6.07. The Balaban J connectivity index is 2.12. The van der Waals surface area contributed by atoms with Crippen LogP contribution in [0, 0.1) is 11.8 Å². The van der Waals surface area contributed by atoms with Crippen molar-refractivity contribution in [1.82, 2.24) is 0 Å². The van der Waals surface area contributed by atoms with Crippen molar-refractivity contribution in [3.8, 4) is 0 Å². The number of unbranched alkanes of at least 4 members (excludes halogenated alkanes) is 1. The number of aliphatic carboxylic acids is 2. The first-order valence-corrected chi connectivity index (χ1v) is 7.95. The summed E-state index contributed by atoms with van der Waals surface area (Å²) in [7, 11) is 0. The van der Waals surface area contributed by atoms with E-state index in [1.807, 2.05) is 0 Å². The van der Waals surface area contributed by atoms with Crippen LogP contribution < -0.4 is 0 Å². The van der Waals surface area contributed by atoms with E-state index in [-0.39, 0.29) is 24.5 Å². The number of hydrogen-bond acceptors (Lipinski definition) is 3. The summed E-state index contributed by atoms with van der Waals surface area (Å²) >= 11 is 0. The van der Waals surface area contributed by atoms with Crippen molar-refractivity contribution in [1.29, 1.82) is 0 Å². The smallest absolute Gasteiger partial charge is 0.303 e. The topological polar surface area (TPSA) is 91.7 Å². The van der Waals surface area contributed by atoms with Gasteiger partial charge in [-0.2, -0.15) is 0 Å². The molecular formula is C16H26O5. The molecule has 1 rings (SSSR count). The quantitative estimate of drug-likeness (QED) is 0.604. The Bertz CT molecular complexity index is 356. The Morgan fingerprint density at radius 1 is 0.762 bits per heavy atom. The molecule has 0 aromatic rings. The minimum Gasteiger partial charge on any atom is -0.481 e. The summed E-state index contributed by atoms with van der Waals surface area (Å²) in [6.07, 6.45) is 7.83. The molecule has 0 amide bonds. The first-order valence-electron chi connectivity index (χ1n) is 7.95. The highest BCUT2D eigenvalue weighted by Gasteiger charge is 2.25. The summed E-state index contributed by atoms with van der Waals surface area (Å²) in [6.45, 7) is 0. The Labute approximate surface area is 125 Å². The molecular weight excluding hydrogens is 272 g/mol. The molecule has 1 fully saturated rings. The van der Waals surface area contributed by atoms with Crippen molar-refractivity contribution >= 4 is 17.7 Å². The summed E-state index contributed by atoms with van der Waals surface area (Å²) in [5.74, 6) is -0.602. The van der Waals surface area contributed by atoms with Crippen molar-refractivity contribution < 1.29 is 24.6 Å². The summed E-state index contributed by atoms with van der Waals surface area (Å²) in [6, 6.07) is 0. The Morgan fingerprint density at radius 2 is 1.33 bits per heavy atom. The molecule has 0 heterocycles. The molecule has 21 heavy (non-hydrogen) atoms. The predicted molar refractivity (Wildman–Crippen MR) is 78.0 cm³/mol. The van der Waals surface area contributed by atoms with Crippen molar-refractivity contribution in [3.63, 3.8) is 0 Å². The van der Waals surface area contributed by atoms with Crippen LogP contribution >= 0.6 is 0 Å². The zero-order valence-corrected chi connectivity index (χ0v) is 12.6. The Kier molecular flexibility index (Phi) is 8.01. The van der Waals surface area contributed by atoms with Crippen LogP contribution in [0.4, 0.5) is 0 Å². The zero-order chi connectivity index (χ0) is 15.7. The van der Waals surface area contributed by atoms with Gasteiger partial charge in [-0.3, -0.25) is 14.4 Å². The number of ketones is 1. The van der Waals surface area contributed by atoms with Crippen LogP contribution in [-0.4, -0.2) is 27.9 Å². The van der Waals surface area contributed by atoms with Crippen LogP contribution in [-0.2, 0) is 14.4 Å². The third-order valence-electron chi connectivity index (χ3n) is 4.37. The van der Waals surface area contributed by atoms with Gasteiger partial charge in [0.05, 0.1) is 0 Å². The van der Waals surface area contributed by atoms with E-state index in [1.165, 1.54) is 0 Å². The largest absolute Gasteiger partial charge is 0.481 e. The van der Waals surface area contributed by atoms with Gasteiger partial charge in [0, 0.05) is 25.2 Å². The standard InChI is InChI=1S/C16H26O5/c17-14(5-3-7-16(20)21)13-10-8-12(9-11-13)4-1-2-6-15(18)19/h12-13H,1-11H2,(H,18,19)(H,20,21).